The molecule has 0 radical (unpaired) electrons. The number of hydrogen-bond acceptors (Lipinski definition) is 6. The highest BCUT2D eigenvalue weighted by atomic mass is 32.1. The number of rotatable bonds is 4. The van der Waals surface area contributed by atoms with Gasteiger partial charge in [-0.2, -0.15) is 0 Å². The molecule has 1 atom stereocenters. The van der Waals surface area contributed by atoms with Crippen molar-refractivity contribution in [1.29, 1.82) is 0 Å². The van der Waals surface area contributed by atoms with Crippen molar-refractivity contribution in [2.75, 3.05) is 13.2 Å². The van der Waals surface area contributed by atoms with E-state index in [4.69, 9.17) is 18.8 Å². The third-order valence-electron chi connectivity index (χ3n) is 4.66. The highest BCUT2D eigenvalue weighted by Crippen LogP contribution is 2.48. The molecule has 0 bridgehead atoms. The van der Waals surface area contributed by atoms with Gasteiger partial charge in [0.2, 0.25) is 0 Å². The van der Waals surface area contributed by atoms with E-state index in [1.807, 2.05) is 33.1 Å². The second kappa shape index (κ2) is 5.68. The fraction of sp³-hybridized carbons (Fsp3) is 0.667. The normalized spacial score (nSPS) is 22.9. The maximum absolute atomic E-state index is 11.4. The van der Waals surface area contributed by atoms with Crippen molar-refractivity contribution in [1.82, 2.24) is 0 Å². The minimum absolute atomic E-state index is 0.0901. The molecule has 1 fully saturated rings. The van der Waals surface area contributed by atoms with Gasteiger partial charge in [-0.25, -0.2) is 0 Å². The van der Waals surface area contributed by atoms with Crippen LogP contribution in [0.25, 0.3) is 0 Å². The lowest BCUT2D eigenvalue weighted by Crippen LogP contribution is -2.41. The zero-order chi connectivity index (χ0) is 16.8. The van der Waals surface area contributed by atoms with Crippen LogP contribution in [0.4, 0.5) is 0 Å². The number of ether oxygens (including phenoxy) is 2. The van der Waals surface area contributed by atoms with Crippen LogP contribution < -0.4 is 9.47 Å². The summed E-state index contributed by atoms with van der Waals surface area (Å²) in [5.41, 5.74) is -1.02. The van der Waals surface area contributed by atoms with Crippen LogP contribution in [0.2, 0.25) is 0 Å². The van der Waals surface area contributed by atoms with E-state index >= 15 is 0 Å². The fourth-order valence-corrected chi connectivity index (χ4v) is 3.74. The Morgan fingerprint density at radius 3 is 2.48 bits per heavy atom. The lowest BCUT2D eigenvalue weighted by molar-refractivity contribution is -0.137. The van der Waals surface area contributed by atoms with Crippen molar-refractivity contribution in [2.24, 2.45) is 0 Å². The number of carboxylic acids is 1. The molecule has 3 heterocycles. The first-order chi connectivity index (χ1) is 10.7. The molecule has 1 aromatic rings. The number of carboxylic acid groups (broad SMARTS) is 1. The van der Waals surface area contributed by atoms with Gasteiger partial charge >= 0.3 is 13.1 Å². The Labute approximate surface area is 139 Å². The molecule has 6 nitrogen and oxygen atoms in total. The van der Waals surface area contributed by atoms with Crippen LogP contribution >= 0.6 is 11.3 Å². The van der Waals surface area contributed by atoms with Crippen molar-refractivity contribution >= 4 is 24.4 Å². The first kappa shape index (κ1) is 16.6. The van der Waals surface area contributed by atoms with Gasteiger partial charge in [-0.3, -0.25) is 4.79 Å². The predicted octanol–water partition coefficient (Wildman–Crippen LogP) is 2.71. The fourth-order valence-electron chi connectivity index (χ4n) is 2.69. The van der Waals surface area contributed by atoms with Gasteiger partial charge in [-0.1, -0.05) is 0 Å². The Kier molecular flexibility index (Phi) is 4.10. The molecule has 0 amide bonds. The summed E-state index contributed by atoms with van der Waals surface area (Å²) >= 11 is 1.43. The van der Waals surface area contributed by atoms with E-state index in [1.165, 1.54) is 11.3 Å². The minimum atomic E-state index is -0.899. The molecule has 2 aliphatic heterocycles. The van der Waals surface area contributed by atoms with Gasteiger partial charge in [0, 0.05) is 11.2 Å². The first-order valence-corrected chi connectivity index (χ1v) is 8.53. The maximum atomic E-state index is 11.4. The average Bonchev–Trinajstić information content (AvgIpc) is 2.95. The standard InChI is InChI=1S/C15H21BO6S/c1-14(2)15(3,4)22-16(21-14)9(7-11(17)18)13-12-10(8-23-13)19-5-6-20-12/h8-9H,5-7H2,1-4H3,(H,17,18). The van der Waals surface area contributed by atoms with E-state index < -0.39 is 30.1 Å². The monoisotopic (exact) mass is 340 g/mol. The minimum Gasteiger partial charge on any atom is -0.485 e. The van der Waals surface area contributed by atoms with E-state index in [0.29, 0.717) is 24.7 Å². The van der Waals surface area contributed by atoms with Crippen LogP contribution in [0.1, 0.15) is 44.8 Å². The molecule has 126 valence electrons. The topological polar surface area (TPSA) is 74.2 Å². The summed E-state index contributed by atoms with van der Waals surface area (Å²) in [6, 6.07) is 0. The van der Waals surface area contributed by atoms with Crippen molar-refractivity contribution in [2.45, 2.75) is 51.1 Å². The van der Waals surface area contributed by atoms with Crippen LogP contribution in [0.5, 0.6) is 11.5 Å². The number of carbonyl (C=O) groups is 1. The van der Waals surface area contributed by atoms with Gasteiger partial charge in [0.15, 0.2) is 11.5 Å². The number of thiophene rings is 1. The van der Waals surface area contributed by atoms with Crippen molar-refractivity contribution in [3.63, 3.8) is 0 Å². The van der Waals surface area contributed by atoms with E-state index in [0.717, 1.165) is 4.88 Å². The third-order valence-corrected chi connectivity index (χ3v) is 5.73. The summed E-state index contributed by atoms with van der Waals surface area (Å²) in [4.78, 5) is 12.2. The first-order valence-electron chi connectivity index (χ1n) is 7.66. The summed E-state index contributed by atoms with van der Waals surface area (Å²) in [6.07, 6.45) is -0.0901. The Morgan fingerprint density at radius 1 is 1.26 bits per heavy atom. The van der Waals surface area contributed by atoms with Crippen LogP contribution in [-0.2, 0) is 14.1 Å². The maximum Gasteiger partial charge on any atom is 0.467 e. The molecule has 3 rings (SSSR count). The second-order valence-electron chi connectivity index (χ2n) is 6.82. The number of hydrogen-bond donors (Lipinski definition) is 1. The second-order valence-corrected chi connectivity index (χ2v) is 7.73. The smallest absolute Gasteiger partial charge is 0.467 e. The molecule has 0 spiro atoms. The van der Waals surface area contributed by atoms with E-state index in [9.17, 15) is 9.90 Å². The zero-order valence-electron chi connectivity index (χ0n) is 13.8. The van der Waals surface area contributed by atoms with Crippen molar-refractivity contribution < 1.29 is 28.7 Å². The molecular weight excluding hydrogens is 319 g/mol. The van der Waals surface area contributed by atoms with Crippen LogP contribution in [0.15, 0.2) is 5.38 Å². The summed E-state index contributed by atoms with van der Waals surface area (Å²) < 4.78 is 23.4. The van der Waals surface area contributed by atoms with E-state index in [1.54, 1.807) is 0 Å². The average molecular weight is 340 g/mol. The molecule has 23 heavy (non-hydrogen) atoms. The molecule has 1 N–H and O–H groups in total. The Hall–Kier alpha value is -1.25. The lowest BCUT2D eigenvalue weighted by Gasteiger charge is -2.32. The molecule has 1 saturated heterocycles. The molecule has 0 aromatic carbocycles. The van der Waals surface area contributed by atoms with Gasteiger partial charge in [-0.15, -0.1) is 11.3 Å². The summed E-state index contributed by atoms with van der Waals surface area (Å²) in [7, 11) is -0.635. The van der Waals surface area contributed by atoms with Crippen molar-refractivity contribution in [3.05, 3.63) is 10.3 Å². The number of aliphatic carboxylic acids is 1. The predicted molar refractivity (Wildman–Crippen MR) is 86.4 cm³/mol. The SMILES string of the molecule is CC1(C)OB(C(CC(=O)O)c2scc3c2OCCO3)OC1(C)C. The van der Waals surface area contributed by atoms with Crippen LogP contribution in [0.3, 0.4) is 0 Å². The van der Waals surface area contributed by atoms with Gasteiger partial charge < -0.3 is 23.9 Å². The van der Waals surface area contributed by atoms with Crippen LogP contribution in [0, 0.1) is 0 Å². The van der Waals surface area contributed by atoms with E-state index in [2.05, 4.69) is 0 Å². The van der Waals surface area contributed by atoms with Gasteiger partial charge in [0.1, 0.15) is 13.2 Å². The molecule has 0 saturated carbocycles. The van der Waals surface area contributed by atoms with E-state index in [-0.39, 0.29) is 6.42 Å². The molecule has 2 aliphatic rings. The summed E-state index contributed by atoms with van der Waals surface area (Å²) in [5, 5.41) is 11.2. The Bertz CT molecular complexity index is 595. The molecule has 1 aromatic heterocycles. The zero-order valence-corrected chi connectivity index (χ0v) is 14.6. The van der Waals surface area contributed by atoms with Crippen molar-refractivity contribution in [3.8, 4) is 11.5 Å². The summed E-state index contributed by atoms with van der Waals surface area (Å²) in [5.74, 6) is -0.0436. The highest BCUT2D eigenvalue weighted by molar-refractivity contribution is 7.11. The Morgan fingerprint density at radius 2 is 1.87 bits per heavy atom. The molecule has 0 aliphatic carbocycles. The quantitative estimate of drug-likeness (QED) is 0.850. The largest absolute Gasteiger partial charge is 0.485 e. The molecule has 8 heteroatoms. The molecule has 1 unspecified atom stereocenters. The summed E-state index contributed by atoms with van der Waals surface area (Å²) in [6.45, 7) is 8.77. The highest BCUT2D eigenvalue weighted by Gasteiger charge is 2.55. The number of fused-ring (bicyclic) bond motifs is 1. The van der Waals surface area contributed by atoms with Gasteiger partial charge in [0.05, 0.1) is 22.5 Å². The van der Waals surface area contributed by atoms with Gasteiger partial charge in [0.25, 0.3) is 0 Å². The molecular formula is C15H21BO6S. The van der Waals surface area contributed by atoms with Gasteiger partial charge in [-0.05, 0) is 27.7 Å². The van der Waals surface area contributed by atoms with Crippen LogP contribution in [-0.4, -0.2) is 42.6 Å². The Balaban J connectivity index is 1.93. The lowest BCUT2D eigenvalue weighted by atomic mass is 9.69. The third kappa shape index (κ3) is 2.95.